The smallest absolute Gasteiger partial charge is 0.191 e. The fraction of sp³-hybridized carbons (Fsp3) is 0.333. The van der Waals surface area contributed by atoms with Crippen molar-refractivity contribution in [2.75, 3.05) is 6.54 Å². The van der Waals surface area contributed by atoms with Gasteiger partial charge in [0, 0.05) is 24.2 Å². The first kappa shape index (κ1) is 17.7. The van der Waals surface area contributed by atoms with Gasteiger partial charge < -0.3 is 10.6 Å². The van der Waals surface area contributed by atoms with Gasteiger partial charge in [-0.25, -0.2) is 4.99 Å². The average molecular weight is 422 g/mol. The molecule has 122 valence electrons. The molecule has 2 N–H and O–H groups in total. The minimum atomic E-state index is 0. The molecule has 0 bridgehead atoms. The number of nitrogens with zero attached hydrogens (tertiary/aromatic N) is 2. The first-order valence-corrected chi connectivity index (χ1v) is 7.89. The number of fused-ring (bicyclic) bond motifs is 1. The zero-order valence-corrected chi connectivity index (χ0v) is 15.7. The van der Waals surface area contributed by atoms with Crippen LogP contribution >= 0.6 is 24.0 Å². The number of nitrogens with one attached hydrogen (secondary N) is 2. The second-order valence-electron chi connectivity index (χ2n) is 5.47. The van der Waals surface area contributed by atoms with Crippen molar-refractivity contribution in [2.24, 2.45) is 4.99 Å². The highest BCUT2D eigenvalue weighted by atomic mass is 127. The van der Waals surface area contributed by atoms with E-state index in [4.69, 9.17) is 4.99 Å². The van der Waals surface area contributed by atoms with Gasteiger partial charge in [0.1, 0.15) is 0 Å². The predicted octanol–water partition coefficient (Wildman–Crippen LogP) is 3.63. The molecule has 2 aromatic rings. The van der Waals surface area contributed by atoms with Crippen LogP contribution in [0.5, 0.6) is 0 Å². The Bertz CT molecular complexity index is 683. The second-order valence-corrected chi connectivity index (χ2v) is 5.47. The Labute approximate surface area is 154 Å². The zero-order chi connectivity index (χ0) is 15.2. The number of aromatic nitrogens is 1. The summed E-state index contributed by atoms with van der Waals surface area (Å²) in [7, 11) is 0. The van der Waals surface area contributed by atoms with Crippen LogP contribution in [0.1, 0.15) is 25.3 Å². The molecule has 4 nitrogen and oxygen atoms in total. The third kappa shape index (κ3) is 4.67. The van der Waals surface area contributed by atoms with Crippen molar-refractivity contribution in [1.29, 1.82) is 0 Å². The van der Waals surface area contributed by atoms with Crippen molar-refractivity contribution in [3.63, 3.8) is 0 Å². The fourth-order valence-electron chi connectivity index (χ4n) is 2.71. The molecule has 1 aromatic heterocycles. The second kappa shape index (κ2) is 8.86. The van der Waals surface area contributed by atoms with E-state index in [1.807, 2.05) is 30.5 Å². The lowest BCUT2D eigenvalue weighted by Gasteiger charge is -2.16. The summed E-state index contributed by atoms with van der Waals surface area (Å²) in [5.41, 5.74) is 2.22. The lowest BCUT2D eigenvalue weighted by Crippen LogP contribution is -2.42. The maximum Gasteiger partial charge on any atom is 0.191 e. The molecule has 23 heavy (non-hydrogen) atoms. The fourth-order valence-corrected chi connectivity index (χ4v) is 2.71. The van der Waals surface area contributed by atoms with Gasteiger partial charge in [0.05, 0.1) is 12.1 Å². The van der Waals surface area contributed by atoms with E-state index < -0.39 is 0 Å². The first-order valence-electron chi connectivity index (χ1n) is 7.89. The standard InChI is InChI=1S/C18H22N4.HI/c1-2-19-18(22-15-7-3-4-8-15)21-13-14-11-12-20-17-10-6-5-9-16(14)17;/h3-6,9-12,15H,2,7-8,13H2,1H3,(H2,19,21,22);1H. The molecule has 1 heterocycles. The van der Waals surface area contributed by atoms with E-state index in [1.54, 1.807) is 0 Å². The molecular formula is C18H23IN4. The number of hydrogen-bond donors (Lipinski definition) is 2. The molecular weight excluding hydrogens is 399 g/mol. The number of pyridine rings is 1. The lowest BCUT2D eigenvalue weighted by molar-refractivity contribution is 0.633. The van der Waals surface area contributed by atoms with Crippen molar-refractivity contribution < 1.29 is 0 Å². The number of para-hydroxylation sites is 1. The van der Waals surface area contributed by atoms with Gasteiger partial charge in [-0.05, 0) is 37.5 Å². The van der Waals surface area contributed by atoms with Gasteiger partial charge >= 0.3 is 0 Å². The first-order chi connectivity index (χ1) is 10.9. The van der Waals surface area contributed by atoms with Crippen LogP contribution in [0.25, 0.3) is 10.9 Å². The molecule has 0 fully saturated rings. The Kier molecular flexibility index (Phi) is 6.83. The molecule has 1 aromatic carbocycles. The average Bonchev–Trinajstić information content (AvgIpc) is 3.06. The largest absolute Gasteiger partial charge is 0.357 e. The maximum absolute atomic E-state index is 4.74. The third-order valence-corrected chi connectivity index (χ3v) is 3.84. The summed E-state index contributed by atoms with van der Waals surface area (Å²) in [4.78, 5) is 9.14. The van der Waals surface area contributed by atoms with Crippen LogP contribution in [0, 0.1) is 0 Å². The van der Waals surface area contributed by atoms with Crippen molar-refractivity contribution in [2.45, 2.75) is 32.4 Å². The van der Waals surface area contributed by atoms with Gasteiger partial charge in [0.25, 0.3) is 0 Å². The highest BCUT2D eigenvalue weighted by Crippen LogP contribution is 2.17. The monoisotopic (exact) mass is 422 g/mol. The molecule has 1 aliphatic rings. The quantitative estimate of drug-likeness (QED) is 0.343. The van der Waals surface area contributed by atoms with Gasteiger partial charge in [-0.1, -0.05) is 30.4 Å². The number of benzene rings is 1. The molecule has 0 radical (unpaired) electrons. The van der Waals surface area contributed by atoms with Gasteiger partial charge in [0.2, 0.25) is 0 Å². The van der Waals surface area contributed by atoms with E-state index in [1.165, 1.54) is 10.9 Å². The van der Waals surface area contributed by atoms with Crippen LogP contribution in [-0.4, -0.2) is 23.5 Å². The van der Waals surface area contributed by atoms with E-state index in [2.05, 4.69) is 40.8 Å². The molecule has 0 amide bonds. The van der Waals surface area contributed by atoms with Crippen LogP contribution in [-0.2, 0) is 6.54 Å². The summed E-state index contributed by atoms with van der Waals surface area (Å²) in [5, 5.41) is 7.99. The van der Waals surface area contributed by atoms with Gasteiger partial charge in [-0.3, -0.25) is 4.98 Å². The summed E-state index contributed by atoms with van der Waals surface area (Å²) in [5.74, 6) is 0.886. The van der Waals surface area contributed by atoms with Crippen LogP contribution < -0.4 is 10.6 Å². The Morgan fingerprint density at radius 2 is 2.00 bits per heavy atom. The molecule has 0 unspecified atom stereocenters. The topological polar surface area (TPSA) is 49.3 Å². The van der Waals surface area contributed by atoms with E-state index in [0.29, 0.717) is 12.6 Å². The normalized spacial score (nSPS) is 14.7. The SMILES string of the molecule is CCNC(=NCc1ccnc2ccccc12)NC1CC=CC1.I. The zero-order valence-electron chi connectivity index (χ0n) is 13.3. The van der Waals surface area contributed by atoms with Crippen LogP contribution in [0.3, 0.4) is 0 Å². The predicted molar refractivity (Wildman–Crippen MR) is 107 cm³/mol. The Hall–Kier alpha value is -1.63. The summed E-state index contributed by atoms with van der Waals surface area (Å²) < 4.78 is 0. The minimum absolute atomic E-state index is 0. The highest BCUT2D eigenvalue weighted by Gasteiger charge is 2.11. The highest BCUT2D eigenvalue weighted by molar-refractivity contribution is 14.0. The molecule has 3 rings (SSSR count). The van der Waals surface area contributed by atoms with Gasteiger partial charge in [-0.15, -0.1) is 24.0 Å². The van der Waals surface area contributed by atoms with Crippen molar-refractivity contribution in [3.8, 4) is 0 Å². The Balaban J connectivity index is 0.00000192. The van der Waals surface area contributed by atoms with Crippen LogP contribution in [0.2, 0.25) is 0 Å². The summed E-state index contributed by atoms with van der Waals surface area (Å²) in [6, 6.07) is 10.7. The van der Waals surface area contributed by atoms with E-state index in [0.717, 1.165) is 30.9 Å². The van der Waals surface area contributed by atoms with Crippen molar-refractivity contribution in [3.05, 3.63) is 54.2 Å². The number of halogens is 1. The number of rotatable bonds is 4. The van der Waals surface area contributed by atoms with Gasteiger partial charge in [-0.2, -0.15) is 0 Å². The summed E-state index contributed by atoms with van der Waals surface area (Å²) >= 11 is 0. The number of guanidine groups is 1. The van der Waals surface area contributed by atoms with E-state index >= 15 is 0 Å². The van der Waals surface area contributed by atoms with Gasteiger partial charge in [0.15, 0.2) is 5.96 Å². The minimum Gasteiger partial charge on any atom is -0.357 e. The van der Waals surface area contributed by atoms with Crippen molar-refractivity contribution >= 4 is 40.8 Å². The number of hydrogen-bond acceptors (Lipinski definition) is 2. The number of aliphatic imine (C=N–C) groups is 1. The molecule has 0 aliphatic heterocycles. The van der Waals surface area contributed by atoms with Crippen molar-refractivity contribution in [1.82, 2.24) is 15.6 Å². The Morgan fingerprint density at radius 1 is 1.22 bits per heavy atom. The van der Waals surface area contributed by atoms with Crippen LogP contribution in [0.4, 0.5) is 0 Å². The van der Waals surface area contributed by atoms with Crippen LogP contribution in [0.15, 0.2) is 53.7 Å². The Morgan fingerprint density at radius 3 is 2.78 bits per heavy atom. The van der Waals surface area contributed by atoms with E-state index in [9.17, 15) is 0 Å². The molecule has 1 aliphatic carbocycles. The molecule has 0 atom stereocenters. The summed E-state index contributed by atoms with van der Waals surface area (Å²) in [6.07, 6.45) is 8.44. The molecule has 5 heteroatoms. The maximum atomic E-state index is 4.74. The molecule has 0 spiro atoms. The summed E-state index contributed by atoms with van der Waals surface area (Å²) in [6.45, 7) is 3.60. The lowest BCUT2D eigenvalue weighted by atomic mass is 10.1. The van der Waals surface area contributed by atoms with E-state index in [-0.39, 0.29) is 24.0 Å². The third-order valence-electron chi connectivity index (χ3n) is 3.84. The molecule has 0 saturated heterocycles. The molecule has 0 saturated carbocycles.